The lowest BCUT2D eigenvalue weighted by molar-refractivity contribution is -0.131. The second-order valence-corrected chi connectivity index (χ2v) is 10.5. The number of carbonyl (C=O) groups excluding carboxylic acids is 2. The molecule has 6 nitrogen and oxygen atoms in total. The lowest BCUT2D eigenvalue weighted by Crippen LogP contribution is -2.57. The summed E-state index contributed by atoms with van der Waals surface area (Å²) in [6, 6.07) is 1.00. The highest BCUT2D eigenvalue weighted by Gasteiger charge is 2.46. The van der Waals surface area contributed by atoms with Gasteiger partial charge in [-0.05, 0) is 57.3 Å². The van der Waals surface area contributed by atoms with Gasteiger partial charge in [0.2, 0.25) is 11.8 Å². The highest BCUT2D eigenvalue weighted by Crippen LogP contribution is 2.38. The molecule has 30 heavy (non-hydrogen) atoms. The van der Waals surface area contributed by atoms with Crippen LogP contribution in [0.25, 0.3) is 0 Å². The van der Waals surface area contributed by atoms with Gasteiger partial charge in [0.05, 0.1) is 6.04 Å². The van der Waals surface area contributed by atoms with Crippen LogP contribution in [0, 0.1) is 11.8 Å². The topological polar surface area (TPSA) is 64.7 Å². The van der Waals surface area contributed by atoms with E-state index < -0.39 is 6.17 Å². The molecule has 5 aliphatic rings. The van der Waals surface area contributed by atoms with E-state index in [1.54, 1.807) is 0 Å². The predicted octanol–water partition coefficient (Wildman–Crippen LogP) is 1.84. The van der Waals surface area contributed by atoms with Crippen LogP contribution >= 0.6 is 0 Å². The fourth-order valence-electron chi connectivity index (χ4n) is 6.95. The smallest absolute Gasteiger partial charge is 0.237 e. The summed E-state index contributed by atoms with van der Waals surface area (Å²) in [5.74, 6) is 0.831. The van der Waals surface area contributed by atoms with Crippen molar-refractivity contribution in [2.75, 3.05) is 19.6 Å². The highest BCUT2D eigenvalue weighted by molar-refractivity contribution is 5.82. The van der Waals surface area contributed by atoms with Crippen molar-refractivity contribution in [3.63, 3.8) is 0 Å². The number of carbonyl (C=O) groups is 2. The van der Waals surface area contributed by atoms with Crippen LogP contribution in [0.1, 0.15) is 64.7 Å². The van der Waals surface area contributed by atoms with Gasteiger partial charge in [-0.2, -0.15) is 0 Å². The lowest BCUT2D eigenvalue weighted by atomic mass is 9.77. The number of piperazine rings is 1. The Morgan fingerprint density at radius 1 is 1.10 bits per heavy atom. The van der Waals surface area contributed by atoms with Gasteiger partial charge < -0.3 is 15.5 Å². The Hall–Kier alpha value is -1.21. The molecule has 3 saturated heterocycles. The molecule has 2 amide bonds. The zero-order chi connectivity index (χ0) is 20.8. The Kier molecular flexibility index (Phi) is 5.78. The fraction of sp³-hybridized carbons (Fsp3) is 0.913. The first-order valence-corrected chi connectivity index (χ1v) is 12.2. The van der Waals surface area contributed by atoms with E-state index in [0.717, 1.165) is 51.7 Å². The van der Waals surface area contributed by atoms with Crippen LogP contribution in [0.4, 0.5) is 4.39 Å². The molecule has 7 heteroatoms. The van der Waals surface area contributed by atoms with Gasteiger partial charge in [0.25, 0.3) is 0 Å². The van der Waals surface area contributed by atoms with Crippen molar-refractivity contribution in [3.8, 4) is 0 Å². The summed E-state index contributed by atoms with van der Waals surface area (Å²) in [5.41, 5.74) is 0. The van der Waals surface area contributed by atoms with E-state index in [2.05, 4.69) is 27.4 Å². The minimum absolute atomic E-state index is 0.00554. The number of halogens is 1. The molecule has 2 N–H and O–H groups in total. The van der Waals surface area contributed by atoms with Crippen LogP contribution in [0.3, 0.4) is 0 Å². The number of nitrogens with zero attached hydrogens (tertiary/aromatic N) is 2. The van der Waals surface area contributed by atoms with Gasteiger partial charge in [-0.15, -0.1) is 0 Å². The van der Waals surface area contributed by atoms with Crippen LogP contribution in [-0.4, -0.2) is 77.6 Å². The number of amides is 2. The molecule has 5 rings (SSSR count). The summed E-state index contributed by atoms with van der Waals surface area (Å²) in [7, 11) is 0. The van der Waals surface area contributed by atoms with E-state index in [9.17, 15) is 14.0 Å². The predicted molar refractivity (Wildman–Crippen MR) is 113 cm³/mol. The third kappa shape index (κ3) is 3.88. The standard InChI is InChI=1S/C23H37FN4O2/c1-14-5-7-19(24)18-12-20(26-22(14)18)23(30)25-15-3-2-4-16(11-15)27-9-10-28-17(13-27)6-8-21(28)29/h14-20,22,26H,2-13H2,1H3,(H,25,30)/t14?,15-,16+,17+,18?,19?,20?,22?/m1/s1. The van der Waals surface area contributed by atoms with Crippen LogP contribution in [0.15, 0.2) is 0 Å². The molecule has 3 aliphatic heterocycles. The van der Waals surface area contributed by atoms with Gasteiger partial charge >= 0.3 is 0 Å². The van der Waals surface area contributed by atoms with Gasteiger partial charge in [0, 0.05) is 56.1 Å². The van der Waals surface area contributed by atoms with E-state index in [4.69, 9.17) is 0 Å². The largest absolute Gasteiger partial charge is 0.352 e. The van der Waals surface area contributed by atoms with Gasteiger partial charge in [-0.3, -0.25) is 14.5 Å². The highest BCUT2D eigenvalue weighted by atomic mass is 19.1. The minimum atomic E-state index is -0.767. The molecule has 2 saturated carbocycles. The molecule has 8 atom stereocenters. The first-order valence-electron chi connectivity index (χ1n) is 12.2. The number of rotatable bonds is 3. The molecule has 0 spiro atoms. The molecule has 0 radical (unpaired) electrons. The average Bonchev–Trinajstić information content (AvgIpc) is 3.36. The average molecular weight is 421 g/mol. The Balaban J connectivity index is 1.14. The molecule has 0 aromatic carbocycles. The summed E-state index contributed by atoms with van der Waals surface area (Å²) in [6.45, 7) is 4.98. The quantitative estimate of drug-likeness (QED) is 0.731. The zero-order valence-corrected chi connectivity index (χ0v) is 18.2. The van der Waals surface area contributed by atoms with E-state index in [0.29, 0.717) is 43.2 Å². The van der Waals surface area contributed by atoms with E-state index in [-0.39, 0.29) is 30.0 Å². The van der Waals surface area contributed by atoms with Gasteiger partial charge in [0.15, 0.2) is 0 Å². The van der Waals surface area contributed by atoms with E-state index in [1.807, 2.05) is 0 Å². The van der Waals surface area contributed by atoms with Crippen LogP contribution < -0.4 is 10.6 Å². The van der Waals surface area contributed by atoms with E-state index >= 15 is 0 Å². The van der Waals surface area contributed by atoms with Crippen molar-refractivity contribution >= 4 is 11.8 Å². The molecule has 5 unspecified atom stereocenters. The van der Waals surface area contributed by atoms with Gasteiger partial charge in [-0.25, -0.2) is 4.39 Å². The maximum atomic E-state index is 14.4. The van der Waals surface area contributed by atoms with E-state index in [1.165, 1.54) is 6.42 Å². The zero-order valence-electron chi connectivity index (χ0n) is 18.2. The van der Waals surface area contributed by atoms with Crippen LogP contribution in [-0.2, 0) is 9.59 Å². The third-order valence-corrected chi connectivity index (χ3v) is 8.69. The molecule has 2 aliphatic carbocycles. The van der Waals surface area contributed by atoms with Crippen molar-refractivity contribution in [1.82, 2.24) is 20.4 Å². The van der Waals surface area contributed by atoms with Gasteiger partial charge in [0.1, 0.15) is 6.17 Å². The van der Waals surface area contributed by atoms with Gasteiger partial charge in [-0.1, -0.05) is 6.92 Å². The van der Waals surface area contributed by atoms with Crippen molar-refractivity contribution < 1.29 is 14.0 Å². The SMILES string of the molecule is CC1CCC(F)C2CC(C(=O)N[C@@H]3CCC[C@H](N4CCN5C(=O)CC[C@H]5C4)C3)NC12. The molecule has 0 aromatic heterocycles. The lowest BCUT2D eigenvalue weighted by Gasteiger charge is -2.44. The molecule has 0 aromatic rings. The summed E-state index contributed by atoms with van der Waals surface area (Å²) < 4.78 is 14.4. The Morgan fingerprint density at radius 2 is 1.97 bits per heavy atom. The fourth-order valence-corrected chi connectivity index (χ4v) is 6.95. The van der Waals surface area contributed by atoms with Crippen LogP contribution in [0.2, 0.25) is 0 Å². The maximum absolute atomic E-state index is 14.4. The number of hydrogen-bond acceptors (Lipinski definition) is 4. The normalized spacial score (nSPS) is 44.6. The third-order valence-electron chi connectivity index (χ3n) is 8.69. The number of fused-ring (bicyclic) bond motifs is 2. The summed E-state index contributed by atoms with van der Waals surface area (Å²) >= 11 is 0. The Morgan fingerprint density at radius 3 is 2.80 bits per heavy atom. The van der Waals surface area contributed by atoms with Crippen molar-refractivity contribution in [1.29, 1.82) is 0 Å². The second-order valence-electron chi connectivity index (χ2n) is 10.5. The Labute approximate surface area is 179 Å². The summed E-state index contributed by atoms with van der Waals surface area (Å²) in [5, 5.41) is 6.77. The molecular weight excluding hydrogens is 383 g/mol. The summed E-state index contributed by atoms with van der Waals surface area (Å²) in [4.78, 5) is 29.6. The molecule has 168 valence electrons. The minimum Gasteiger partial charge on any atom is -0.352 e. The monoisotopic (exact) mass is 420 g/mol. The number of alkyl halides is 1. The molecule has 3 heterocycles. The maximum Gasteiger partial charge on any atom is 0.237 e. The van der Waals surface area contributed by atoms with Crippen molar-refractivity contribution in [2.45, 2.75) is 101 Å². The number of hydrogen-bond donors (Lipinski definition) is 2. The first-order chi connectivity index (χ1) is 14.5. The van der Waals surface area contributed by atoms with Crippen molar-refractivity contribution in [2.24, 2.45) is 11.8 Å². The molecule has 5 fully saturated rings. The first kappa shape index (κ1) is 20.7. The van der Waals surface area contributed by atoms with Crippen LogP contribution in [0.5, 0.6) is 0 Å². The second kappa shape index (κ2) is 8.38. The van der Waals surface area contributed by atoms with Crippen molar-refractivity contribution in [3.05, 3.63) is 0 Å². The number of nitrogens with one attached hydrogen (secondary N) is 2. The Bertz CT molecular complexity index is 658. The molecular formula is C23H37FN4O2. The molecule has 0 bridgehead atoms. The summed E-state index contributed by atoms with van der Waals surface area (Å²) in [6.07, 6.45) is 7.46.